The summed E-state index contributed by atoms with van der Waals surface area (Å²) in [6, 6.07) is 23.1. The fraction of sp³-hybridized carbons (Fsp3) is 0.200. The van der Waals surface area contributed by atoms with Crippen molar-refractivity contribution in [1.82, 2.24) is 9.97 Å². The summed E-state index contributed by atoms with van der Waals surface area (Å²) in [5.41, 5.74) is 5.14. The van der Waals surface area contributed by atoms with Crippen LogP contribution in [0.3, 0.4) is 0 Å². The van der Waals surface area contributed by atoms with Gasteiger partial charge in [0.25, 0.3) is 0 Å². The molecule has 0 aliphatic rings. The average molecular weight is 495 g/mol. The second-order valence-corrected chi connectivity index (χ2v) is 15.6. The van der Waals surface area contributed by atoms with Crippen molar-refractivity contribution in [2.75, 3.05) is 6.61 Å². The number of carbonyl (C=O) groups is 2. The number of hydrogen-bond donors (Lipinski definition) is 2. The summed E-state index contributed by atoms with van der Waals surface area (Å²) in [6.45, 7) is 7.22. The maximum absolute atomic E-state index is 13.0. The van der Waals surface area contributed by atoms with E-state index in [2.05, 4.69) is 35.5 Å². The highest BCUT2D eigenvalue weighted by Crippen LogP contribution is 2.31. The minimum atomic E-state index is -1.27. The Kier molecular flexibility index (Phi) is 7.42. The lowest BCUT2D eigenvalue weighted by atomic mass is 9.92. The quantitative estimate of drug-likeness (QED) is 0.125. The third-order valence-corrected chi connectivity index (χ3v) is 7.78. The molecular weight excluding hydrogens is 464 g/mol. The van der Waals surface area contributed by atoms with Gasteiger partial charge in [-0.1, -0.05) is 37.7 Å². The maximum Gasteiger partial charge on any atom is 0.338 e. The Hall–Kier alpha value is -4.08. The molecule has 6 heteroatoms. The van der Waals surface area contributed by atoms with Crippen LogP contribution in [-0.2, 0) is 4.74 Å². The Labute approximate surface area is 212 Å². The highest BCUT2D eigenvalue weighted by atomic mass is 28.3. The number of terminal acetylenes is 1. The van der Waals surface area contributed by atoms with Gasteiger partial charge in [-0.15, -0.1) is 6.42 Å². The standard InChI is InChI=1S/C30H30N2O3Si/c1-5-21-8-10-23(11-9-21)29(33)27-17-16-26(32-27)28(25-7-6-18-31-25)22-12-14-24(15-13-22)30(34)35-19-20-36(2,3)4/h1,6-18,28,31-32H,19-20H2,2-4H3. The van der Waals surface area contributed by atoms with Crippen LogP contribution >= 0.6 is 0 Å². The number of nitrogens with one attached hydrogen (secondary N) is 2. The van der Waals surface area contributed by atoms with Gasteiger partial charge >= 0.3 is 5.97 Å². The van der Waals surface area contributed by atoms with E-state index < -0.39 is 8.07 Å². The molecule has 0 fully saturated rings. The molecule has 0 saturated heterocycles. The van der Waals surface area contributed by atoms with Gasteiger partial charge in [-0.2, -0.15) is 0 Å². The number of H-pyrrole nitrogens is 2. The van der Waals surface area contributed by atoms with Crippen molar-refractivity contribution in [3.63, 3.8) is 0 Å². The number of aromatic nitrogens is 2. The molecule has 0 saturated carbocycles. The van der Waals surface area contributed by atoms with E-state index >= 15 is 0 Å². The fourth-order valence-corrected chi connectivity index (χ4v) is 4.70. The zero-order valence-electron chi connectivity index (χ0n) is 20.8. The lowest BCUT2D eigenvalue weighted by molar-refractivity contribution is 0.0525. The minimum absolute atomic E-state index is 0.105. The number of aromatic amines is 2. The SMILES string of the molecule is C#Cc1ccc(C(=O)c2ccc(C(c3ccc(C(=O)OCC[Si](C)(C)C)cc3)c3ccc[nH]3)[nH]2)cc1. The molecule has 4 aromatic rings. The van der Waals surface area contributed by atoms with Crippen LogP contribution in [0.15, 0.2) is 79.0 Å². The van der Waals surface area contributed by atoms with Crippen molar-refractivity contribution in [3.05, 3.63) is 118 Å². The molecule has 0 amide bonds. The number of carbonyl (C=O) groups excluding carboxylic acids is 2. The van der Waals surface area contributed by atoms with E-state index in [9.17, 15) is 9.59 Å². The number of benzene rings is 2. The van der Waals surface area contributed by atoms with Gasteiger partial charge in [-0.25, -0.2) is 4.79 Å². The maximum atomic E-state index is 13.0. The van der Waals surface area contributed by atoms with Gasteiger partial charge in [0.1, 0.15) is 0 Å². The van der Waals surface area contributed by atoms with Crippen molar-refractivity contribution in [1.29, 1.82) is 0 Å². The molecule has 0 spiro atoms. The Morgan fingerprint density at radius 1 is 0.917 bits per heavy atom. The zero-order chi connectivity index (χ0) is 25.7. The summed E-state index contributed by atoms with van der Waals surface area (Å²) in [5.74, 6) is 1.99. The third-order valence-electron chi connectivity index (χ3n) is 6.08. The first-order valence-electron chi connectivity index (χ1n) is 12.0. The van der Waals surface area contributed by atoms with Crippen molar-refractivity contribution in [2.45, 2.75) is 31.6 Å². The molecule has 0 aliphatic carbocycles. The molecular formula is C30H30N2O3Si. The van der Waals surface area contributed by atoms with Crippen LogP contribution in [0.1, 0.15) is 54.8 Å². The molecule has 2 N–H and O–H groups in total. The summed E-state index contributed by atoms with van der Waals surface area (Å²) in [5, 5.41) is 0. The molecule has 36 heavy (non-hydrogen) atoms. The van der Waals surface area contributed by atoms with E-state index in [4.69, 9.17) is 11.2 Å². The van der Waals surface area contributed by atoms with Crippen molar-refractivity contribution in [3.8, 4) is 12.3 Å². The Balaban J connectivity index is 1.56. The van der Waals surface area contributed by atoms with E-state index in [-0.39, 0.29) is 17.7 Å². The third kappa shape index (κ3) is 5.94. The molecule has 182 valence electrons. The van der Waals surface area contributed by atoms with Crippen LogP contribution < -0.4 is 0 Å². The minimum Gasteiger partial charge on any atom is -0.462 e. The molecule has 4 rings (SSSR count). The lowest BCUT2D eigenvalue weighted by Gasteiger charge is -2.17. The van der Waals surface area contributed by atoms with Gasteiger partial charge in [0.2, 0.25) is 5.78 Å². The van der Waals surface area contributed by atoms with Crippen molar-refractivity contribution < 1.29 is 14.3 Å². The van der Waals surface area contributed by atoms with Crippen molar-refractivity contribution >= 4 is 19.8 Å². The summed E-state index contributed by atoms with van der Waals surface area (Å²) in [7, 11) is -1.27. The van der Waals surface area contributed by atoms with Gasteiger partial charge in [-0.3, -0.25) is 4.79 Å². The zero-order valence-corrected chi connectivity index (χ0v) is 21.8. The largest absolute Gasteiger partial charge is 0.462 e. The van der Waals surface area contributed by atoms with E-state index in [1.807, 2.05) is 36.5 Å². The van der Waals surface area contributed by atoms with Crippen LogP contribution in [0.5, 0.6) is 0 Å². The lowest BCUT2D eigenvalue weighted by Crippen LogP contribution is -2.22. The number of ketones is 1. The van der Waals surface area contributed by atoms with E-state index in [1.54, 1.807) is 42.5 Å². The molecule has 1 unspecified atom stereocenters. The first-order chi connectivity index (χ1) is 17.2. The summed E-state index contributed by atoms with van der Waals surface area (Å²) in [4.78, 5) is 32.1. The van der Waals surface area contributed by atoms with E-state index in [0.29, 0.717) is 23.4 Å². The molecule has 0 aliphatic heterocycles. The second-order valence-electron chi connectivity index (χ2n) is 10.0. The van der Waals surface area contributed by atoms with Gasteiger partial charge in [0.15, 0.2) is 0 Å². The van der Waals surface area contributed by atoms with Gasteiger partial charge in [-0.05, 0) is 72.3 Å². The summed E-state index contributed by atoms with van der Waals surface area (Å²) in [6.07, 6.45) is 7.29. The predicted octanol–water partition coefficient (Wildman–Crippen LogP) is 6.23. The van der Waals surface area contributed by atoms with Gasteiger partial charge in [0.05, 0.1) is 23.8 Å². The van der Waals surface area contributed by atoms with Crippen LogP contribution in [0, 0.1) is 12.3 Å². The average Bonchev–Trinajstić information content (AvgIpc) is 3.57. The predicted molar refractivity (Wildman–Crippen MR) is 145 cm³/mol. The highest BCUT2D eigenvalue weighted by Gasteiger charge is 2.22. The second kappa shape index (κ2) is 10.7. The Morgan fingerprint density at radius 2 is 1.61 bits per heavy atom. The number of rotatable bonds is 9. The Morgan fingerprint density at radius 3 is 2.22 bits per heavy atom. The fourth-order valence-electron chi connectivity index (χ4n) is 3.98. The van der Waals surface area contributed by atoms with Crippen LogP contribution in [0.4, 0.5) is 0 Å². The summed E-state index contributed by atoms with van der Waals surface area (Å²) >= 11 is 0. The number of esters is 1. The summed E-state index contributed by atoms with van der Waals surface area (Å²) < 4.78 is 5.48. The van der Waals surface area contributed by atoms with E-state index in [0.717, 1.165) is 28.6 Å². The molecule has 5 nitrogen and oxygen atoms in total. The van der Waals surface area contributed by atoms with Gasteiger partial charge < -0.3 is 14.7 Å². The van der Waals surface area contributed by atoms with Crippen molar-refractivity contribution in [2.24, 2.45) is 0 Å². The molecule has 2 aromatic carbocycles. The van der Waals surface area contributed by atoms with Crippen LogP contribution in [-0.4, -0.2) is 36.4 Å². The first kappa shape index (κ1) is 25.0. The van der Waals surface area contributed by atoms with Crippen LogP contribution in [0.25, 0.3) is 0 Å². The first-order valence-corrected chi connectivity index (χ1v) is 15.7. The molecule has 2 aromatic heterocycles. The van der Waals surface area contributed by atoms with Gasteiger partial charge in [0, 0.05) is 36.8 Å². The molecule has 2 heterocycles. The smallest absolute Gasteiger partial charge is 0.338 e. The molecule has 0 bridgehead atoms. The number of ether oxygens (including phenoxy) is 1. The topological polar surface area (TPSA) is 75.0 Å². The van der Waals surface area contributed by atoms with Crippen LogP contribution in [0.2, 0.25) is 25.7 Å². The van der Waals surface area contributed by atoms with E-state index in [1.165, 1.54) is 0 Å². The Bertz CT molecular complexity index is 1370. The normalized spacial score (nSPS) is 12.1. The molecule has 1 atom stereocenters. The highest BCUT2D eigenvalue weighted by molar-refractivity contribution is 6.76. The molecule has 0 radical (unpaired) electrons. The number of hydrogen-bond acceptors (Lipinski definition) is 3. The monoisotopic (exact) mass is 494 g/mol.